The van der Waals surface area contributed by atoms with Crippen molar-refractivity contribution in [2.24, 2.45) is 0 Å². The van der Waals surface area contributed by atoms with E-state index in [9.17, 15) is 9.90 Å². The molecule has 2 aromatic heterocycles. The Morgan fingerprint density at radius 2 is 2.12 bits per heavy atom. The van der Waals surface area contributed by atoms with Gasteiger partial charge in [-0.15, -0.1) is 0 Å². The summed E-state index contributed by atoms with van der Waals surface area (Å²) in [5, 5.41) is 12.4. The van der Waals surface area contributed by atoms with E-state index < -0.39 is 5.97 Å². The molecule has 0 aliphatic carbocycles. The Morgan fingerprint density at radius 1 is 1.41 bits per heavy atom. The number of carboxylic acids is 1. The van der Waals surface area contributed by atoms with Gasteiger partial charge in [0.15, 0.2) is 11.5 Å². The Kier molecular flexibility index (Phi) is 2.53. The van der Waals surface area contributed by atoms with Crippen molar-refractivity contribution in [2.45, 2.75) is 26.3 Å². The van der Waals surface area contributed by atoms with E-state index in [1.54, 1.807) is 22.7 Å². The van der Waals surface area contributed by atoms with Crippen molar-refractivity contribution in [1.82, 2.24) is 9.38 Å². The Hall–Kier alpha value is -2.04. The molecular formula is C12H15N3O2. The molecule has 5 nitrogen and oxygen atoms in total. The van der Waals surface area contributed by atoms with Crippen LogP contribution in [0.1, 0.15) is 31.3 Å². The molecule has 0 fully saturated rings. The lowest BCUT2D eigenvalue weighted by Gasteiger charge is -2.20. The number of carbonyl (C=O) groups is 1. The fourth-order valence-corrected chi connectivity index (χ4v) is 1.64. The maximum atomic E-state index is 11.3. The lowest BCUT2D eigenvalue weighted by molar-refractivity contribution is 0.0690. The van der Waals surface area contributed by atoms with Crippen molar-refractivity contribution in [3.8, 4) is 0 Å². The third kappa shape index (κ3) is 2.22. The van der Waals surface area contributed by atoms with Crippen LogP contribution in [0.15, 0.2) is 24.4 Å². The summed E-state index contributed by atoms with van der Waals surface area (Å²) >= 11 is 0. The highest BCUT2D eigenvalue weighted by atomic mass is 16.4. The van der Waals surface area contributed by atoms with Crippen LogP contribution in [-0.4, -0.2) is 26.0 Å². The normalized spacial score (nSPS) is 11.7. The highest BCUT2D eigenvalue weighted by Gasteiger charge is 2.21. The summed E-state index contributed by atoms with van der Waals surface area (Å²) in [5.74, 6) is -0.591. The Labute approximate surface area is 99.1 Å². The summed E-state index contributed by atoms with van der Waals surface area (Å²) in [5.41, 5.74) is 0.550. The minimum Gasteiger partial charge on any atom is -0.476 e. The van der Waals surface area contributed by atoms with Crippen molar-refractivity contribution in [2.75, 3.05) is 5.32 Å². The van der Waals surface area contributed by atoms with E-state index in [-0.39, 0.29) is 11.2 Å². The monoisotopic (exact) mass is 233 g/mol. The quantitative estimate of drug-likeness (QED) is 0.834. The van der Waals surface area contributed by atoms with Crippen LogP contribution in [-0.2, 0) is 0 Å². The van der Waals surface area contributed by atoms with Crippen LogP contribution in [0.25, 0.3) is 5.65 Å². The van der Waals surface area contributed by atoms with E-state index in [1.165, 1.54) is 0 Å². The third-order valence-corrected chi connectivity index (χ3v) is 2.23. The molecule has 0 unspecified atom stereocenters. The van der Waals surface area contributed by atoms with E-state index in [2.05, 4.69) is 10.3 Å². The van der Waals surface area contributed by atoms with Gasteiger partial charge in [-0.1, -0.05) is 6.07 Å². The number of aromatic nitrogens is 2. The highest BCUT2D eigenvalue weighted by molar-refractivity contribution is 5.93. The van der Waals surface area contributed by atoms with E-state index in [1.807, 2.05) is 26.8 Å². The molecule has 17 heavy (non-hydrogen) atoms. The lowest BCUT2D eigenvalue weighted by Crippen LogP contribution is -2.27. The van der Waals surface area contributed by atoms with Crippen molar-refractivity contribution in [1.29, 1.82) is 0 Å². The van der Waals surface area contributed by atoms with Gasteiger partial charge in [-0.05, 0) is 32.9 Å². The number of nitrogens with zero attached hydrogens (tertiary/aromatic N) is 2. The largest absolute Gasteiger partial charge is 0.476 e. The first-order valence-corrected chi connectivity index (χ1v) is 5.37. The van der Waals surface area contributed by atoms with Crippen LogP contribution in [0.2, 0.25) is 0 Å². The number of anilines is 1. The molecule has 2 N–H and O–H groups in total. The predicted molar refractivity (Wildman–Crippen MR) is 65.5 cm³/mol. The first-order chi connectivity index (χ1) is 7.88. The van der Waals surface area contributed by atoms with Crippen LogP contribution >= 0.6 is 0 Å². The number of rotatable bonds is 2. The van der Waals surface area contributed by atoms with Gasteiger partial charge in [0.25, 0.3) is 0 Å². The number of hydrogen-bond acceptors (Lipinski definition) is 3. The van der Waals surface area contributed by atoms with Gasteiger partial charge >= 0.3 is 5.97 Å². The zero-order valence-electron chi connectivity index (χ0n) is 10.1. The molecule has 0 aliphatic heterocycles. The predicted octanol–water partition coefficient (Wildman–Crippen LogP) is 2.24. The number of aromatic carboxylic acids is 1. The summed E-state index contributed by atoms with van der Waals surface area (Å²) < 4.78 is 1.57. The van der Waals surface area contributed by atoms with Crippen molar-refractivity contribution < 1.29 is 9.90 Å². The molecule has 0 bridgehead atoms. The summed E-state index contributed by atoms with van der Waals surface area (Å²) in [4.78, 5) is 15.6. The molecular weight excluding hydrogens is 218 g/mol. The van der Waals surface area contributed by atoms with Crippen LogP contribution in [0.4, 0.5) is 5.82 Å². The minimum absolute atomic E-state index is 0.163. The maximum Gasteiger partial charge on any atom is 0.356 e. The molecule has 0 aromatic carbocycles. The fourth-order valence-electron chi connectivity index (χ4n) is 1.64. The van der Waals surface area contributed by atoms with Crippen LogP contribution in [0, 0.1) is 0 Å². The second-order valence-electron chi connectivity index (χ2n) is 4.92. The molecule has 0 saturated carbocycles. The van der Waals surface area contributed by atoms with Gasteiger partial charge in [-0.25, -0.2) is 9.78 Å². The van der Waals surface area contributed by atoms with Crippen molar-refractivity contribution >= 4 is 17.4 Å². The second kappa shape index (κ2) is 3.76. The van der Waals surface area contributed by atoms with Crippen LogP contribution < -0.4 is 5.32 Å². The number of nitrogens with one attached hydrogen (secondary N) is 1. The van der Waals surface area contributed by atoms with E-state index >= 15 is 0 Å². The van der Waals surface area contributed by atoms with E-state index in [4.69, 9.17) is 0 Å². The molecule has 0 atom stereocenters. The topological polar surface area (TPSA) is 66.6 Å². The van der Waals surface area contributed by atoms with Crippen molar-refractivity contribution in [3.05, 3.63) is 30.1 Å². The van der Waals surface area contributed by atoms with E-state index in [0.717, 1.165) is 0 Å². The lowest BCUT2D eigenvalue weighted by atomic mass is 10.1. The number of imidazole rings is 1. The fraction of sp³-hybridized carbons (Fsp3) is 0.333. The maximum absolute atomic E-state index is 11.3. The van der Waals surface area contributed by atoms with Gasteiger partial charge in [0.2, 0.25) is 0 Å². The Balaban J connectivity index is 2.62. The zero-order chi connectivity index (χ0) is 12.6. The molecule has 2 aromatic rings. The SMILES string of the molecule is CC(C)(C)Nc1nc2ccccn2c1C(=O)O. The molecule has 90 valence electrons. The van der Waals surface area contributed by atoms with Gasteiger partial charge in [-0.3, -0.25) is 4.40 Å². The number of fused-ring (bicyclic) bond motifs is 1. The molecule has 0 spiro atoms. The number of carboxylic acid groups (broad SMARTS) is 1. The summed E-state index contributed by atoms with van der Waals surface area (Å²) in [6.45, 7) is 5.88. The first-order valence-electron chi connectivity index (χ1n) is 5.37. The van der Waals surface area contributed by atoms with E-state index in [0.29, 0.717) is 11.5 Å². The molecule has 2 rings (SSSR count). The third-order valence-electron chi connectivity index (χ3n) is 2.23. The smallest absolute Gasteiger partial charge is 0.356 e. The van der Waals surface area contributed by atoms with Gasteiger partial charge in [-0.2, -0.15) is 0 Å². The van der Waals surface area contributed by atoms with Gasteiger partial charge < -0.3 is 10.4 Å². The van der Waals surface area contributed by atoms with Crippen molar-refractivity contribution in [3.63, 3.8) is 0 Å². The first kappa shape index (κ1) is 11.4. The summed E-state index contributed by atoms with van der Waals surface area (Å²) in [7, 11) is 0. The van der Waals surface area contributed by atoms with Crippen LogP contribution in [0.3, 0.4) is 0 Å². The average molecular weight is 233 g/mol. The standard InChI is InChI=1S/C12H15N3O2/c1-12(2,3)14-10-9(11(16)17)15-7-5-4-6-8(15)13-10/h4-7,14H,1-3H3,(H,16,17). The zero-order valence-corrected chi connectivity index (χ0v) is 10.1. The molecule has 0 amide bonds. The minimum atomic E-state index is -0.990. The van der Waals surface area contributed by atoms with Crippen LogP contribution in [0.5, 0.6) is 0 Å². The molecule has 0 saturated heterocycles. The summed E-state index contributed by atoms with van der Waals surface area (Å²) in [6.07, 6.45) is 1.69. The number of hydrogen-bond donors (Lipinski definition) is 2. The molecule has 0 aliphatic rings. The molecule has 0 radical (unpaired) electrons. The van der Waals surface area contributed by atoms with Gasteiger partial charge in [0, 0.05) is 11.7 Å². The number of pyridine rings is 1. The van der Waals surface area contributed by atoms with Gasteiger partial charge in [0.05, 0.1) is 0 Å². The molecule has 5 heteroatoms. The van der Waals surface area contributed by atoms with Gasteiger partial charge in [0.1, 0.15) is 5.65 Å². The average Bonchev–Trinajstić information content (AvgIpc) is 2.51. The molecule has 2 heterocycles. The Bertz CT molecular complexity index is 567. The highest BCUT2D eigenvalue weighted by Crippen LogP contribution is 2.21. The second-order valence-corrected chi connectivity index (χ2v) is 4.92. The summed E-state index contributed by atoms with van der Waals surface area (Å²) in [6, 6.07) is 5.39. The Morgan fingerprint density at radius 3 is 2.71 bits per heavy atom.